The fourth-order valence-corrected chi connectivity index (χ4v) is 2.11. The maximum absolute atomic E-state index is 12.1. The number of nitrogens with one attached hydrogen (secondary N) is 1. The predicted molar refractivity (Wildman–Crippen MR) is 56.1 cm³/mol. The lowest BCUT2D eigenvalue weighted by atomic mass is 9.98. The van der Waals surface area contributed by atoms with Crippen LogP contribution >= 0.6 is 0 Å². The summed E-state index contributed by atoms with van der Waals surface area (Å²) in [6.07, 6.45) is 2.10. The molecule has 0 aromatic carbocycles. The van der Waals surface area contributed by atoms with Gasteiger partial charge in [-0.2, -0.15) is 0 Å². The predicted octanol–water partition coefficient (Wildman–Crippen LogP) is 0.520. The molecule has 1 heterocycles. The van der Waals surface area contributed by atoms with Gasteiger partial charge in [-0.3, -0.25) is 9.59 Å². The second-order valence-corrected chi connectivity index (χ2v) is 4.88. The number of piperazine rings is 1. The zero-order valence-corrected chi connectivity index (χ0v) is 9.49. The van der Waals surface area contributed by atoms with Crippen LogP contribution in [0, 0.1) is 5.92 Å². The lowest BCUT2D eigenvalue weighted by Crippen LogP contribution is -2.64. The Morgan fingerprint density at radius 3 is 2.40 bits per heavy atom. The van der Waals surface area contributed by atoms with Crippen LogP contribution in [-0.4, -0.2) is 34.8 Å². The Kier molecular flexibility index (Phi) is 2.44. The van der Waals surface area contributed by atoms with Gasteiger partial charge in [0.05, 0.1) is 0 Å². The monoisotopic (exact) mass is 210 g/mol. The molecule has 2 rings (SSSR count). The van der Waals surface area contributed by atoms with Crippen molar-refractivity contribution in [2.24, 2.45) is 5.92 Å². The number of hydrogen-bond acceptors (Lipinski definition) is 2. The highest BCUT2D eigenvalue weighted by atomic mass is 16.2. The van der Waals surface area contributed by atoms with Crippen LogP contribution in [0.25, 0.3) is 0 Å². The zero-order chi connectivity index (χ0) is 11.2. The van der Waals surface area contributed by atoms with Crippen molar-refractivity contribution in [2.75, 3.05) is 0 Å². The number of hydrogen-bond donors (Lipinski definition) is 1. The first-order chi connectivity index (χ1) is 7.02. The van der Waals surface area contributed by atoms with Gasteiger partial charge in [0.25, 0.3) is 0 Å². The van der Waals surface area contributed by atoms with Crippen LogP contribution in [0.1, 0.15) is 33.6 Å². The Labute approximate surface area is 90.0 Å². The molecule has 4 heteroatoms. The van der Waals surface area contributed by atoms with Crippen LogP contribution in [-0.2, 0) is 9.59 Å². The maximum Gasteiger partial charge on any atom is 0.246 e. The molecule has 1 aliphatic heterocycles. The van der Waals surface area contributed by atoms with Gasteiger partial charge in [0.2, 0.25) is 11.8 Å². The first-order valence-electron chi connectivity index (χ1n) is 5.65. The summed E-state index contributed by atoms with van der Waals surface area (Å²) in [6.45, 7) is 5.73. The van der Waals surface area contributed by atoms with E-state index in [2.05, 4.69) is 5.32 Å². The Morgan fingerprint density at radius 2 is 1.93 bits per heavy atom. The molecule has 4 nitrogen and oxygen atoms in total. The van der Waals surface area contributed by atoms with E-state index in [0.29, 0.717) is 6.04 Å². The van der Waals surface area contributed by atoms with Gasteiger partial charge >= 0.3 is 0 Å². The van der Waals surface area contributed by atoms with Gasteiger partial charge in [0.1, 0.15) is 12.1 Å². The minimum Gasteiger partial charge on any atom is -0.342 e. The summed E-state index contributed by atoms with van der Waals surface area (Å²) in [5, 5.41) is 2.80. The molecule has 1 aliphatic carbocycles. The number of rotatable bonds is 2. The van der Waals surface area contributed by atoms with Gasteiger partial charge in [-0.15, -0.1) is 0 Å². The second-order valence-electron chi connectivity index (χ2n) is 4.88. The van der Waals surface area contributed by atoms with E-state index < -0.39 is 0 Å². The van der Waals surface area contributed by atoms with E-state index >= 15 is 0 Å². The van der Waals surface area contributed by atoms with Crippen molar-refractivity contribution in [2.45, 2.75) is 51.7 Å². The van der Waals surface area contributed by atoms with Gasteiger partial charge in [-0.1, -0.05) is 13.8 Å². The summed E-state index contributed by atoms with van der Waals surface area (Å²) in [5.74, 6) is 0.245. The molecular formula is C11H18N2O2. The summed E-state index contributed by atoms with van der Waals surface area (Å²) in [7, 11) is 0. The molecule has 2 fully saturated rings. The van der Waals surface area contributed by atoms with E-state index in [1.807, 2.05) is 20.8 Å². The topological polar surface area (TPSA) is 49.4 Å². The van der Waals surface area contributed by atoms with Crippen molar-refractivity contribution in [3.8, 4) is 0 Å². The first kappa shape index (κ1) is 10.5. The number of nitrogens with zero attached hydrogens (tertiary/aromatic N) is 1. The van der Waals surface area contributed by atoms with Crippen LogP contribution in [0.3, 0.4) is 0 Å². The van der Waals surface area contributed by atoms with E-state index in [9.17, 15) is 9.59 Å². The van der Waals surface area contributed by atoms with E-state index in [1.54, 1.807) is 4.90 Å². The van der Waals surface area contributed by atoms with Crippen molar-refractivity contribution < 1.29 is 9.59 Å². The first-order valence-corrected chi connectivity index (χ1v) is 5.65. The van der Waals surface area contributed by atoms with Crippen molar-refractivity contribution in [1.82, 2.24) is 10.2 Å². The van der Waals surface area contributed by atoms with Crippen LogP contribution in [0.4, 0.5) is 0 Å². The summed E-state index contributed by atoms with van der Waals surface area (Å²) >= 11 is 0. The molecule has 84 valence electrons. The molecule has 2 atom stereocenters. The SMILES string of the molecule is CC(C)C1NC(=O)C(C)N(C2CC2)C1=O. The van der Waals surface area contributed by atoms with E-state index in [-0.39, 0.29) is 29.8 Å². The van der Waals surface area contributed by atoms with E-state index in [0.717, 1.165) is 12.8 Å². The third-order valence-corrected chi connectivity index (χ3v) is 3.22. The molecule has 0 aromatic heterocycles. The molecule has 1 saturated heterocycles. The Balaban J connectivity index is 2.20. The molecule has 2 unspecified atom stereocenters. The minimum atomic E-state index is -0.325. The lowest BCUT2D eigenvalue weighted by molar-refractivity contribution is -0.150. The van der Waals surface area contributed by atoms with Gasteiger partial charge in [0.15, 0.2) is 0 Å². The van der Waals surface area contributed by atoms with Crippen molar-refractivity contribution in [3.63, 3.8) is 0 Å². The summed E-state index contributed by atoms with van der Waals surface area (Å²) in [6, 6.07) is -0.297. The third kappa shape index (κ3) is 1.73. The normalized spacial score (nSPS) is 32.1. The smallest absolute Gasteiger partial charge is 0.246 e. The molecule has 15 heavy (non-hydrogen) atoms. The largest absolute Gasteiger partial charge is 0.342 e. The van der Waals surface area contributed by atoms with Gasteiger partial charge < -0.3 is 10.2 Å². The zero-order valence-electron chi connectivity index (χ0n) is 9.49. The molecule has 1 N–H and O–H groups in total. The molecule has 0 spiro atoms. The molecule has 2 amide bonds. The Hall–Kier alpha value is -1.06. The highest BCUT2D eigenvalue weighted by Crippen LogP contribution is 2.31. The van der Waals surface area contributed by atoms with Crippen molar-refractivity contribution >= 4 is 11.8 Å². The van der Waals surface area contributed by atoms with E-state index in [1.165, 1.54) is 0 Å². The average Bonchev–Trinajstić information content (AvgIpc) is 2.95. The molecule has 1 saturated carbocycles. The summed E-state index contributed by atoms with van der Waals surface area (Å²) in [4.78, 5) is 25.6. The highest BCUT2D eigenvalue weighted by Gasteiger charge is 2.45. The van der Waals surface area contributed by atoms with Crippen molar-refractivity contribution in [1.29, 1.82) is 0 Å². The average molecular weight is 210 g/mol. The number of carbonyl (C=O) groups is 2. The Morgan fingerprint density at radius 1 is 1.33 bits per heavy atom. The quantitative estimate of drug-likeness (QED) is 0.722. The lowest BCUT2D eigenvalue weighted by Gasteiger charge is -2.39. The third-order valence-electron chi connectivity index (χ3n) is 3.22. The van der Waals surface area contributed by atoms with Crippen molar-refractivity contribution in [3.05, 3.63) is 0 Å². The van der Waals surface area contributed by atoms with Crippen LogP contribution in [0.2, 0.25) is 0 Å². The molecule has 0 bridgehead atoms. The molecule has 2 aliphatic rings. The molecule has 0 radical (unpaired) electrons. The standard InChI is InChI=1S/C11H18N2O2/c1-6(2)9-11(15)13(8-4-5-8)7(3)10(14)12-9/h6-9H,4-5H2,1-3H3,(H,12,14). The van der Waals surface area contributed by atoms with Crippen LogP contribution < -0.4 is 5.32 Å². The summed E-state index contributed by atoms with van der Waals surface area (Å²) in [5.41, 5.74) is 0. The molecule has 0 aromatic rings. The number of carbonyl (C=O) groups excluding carboxylic acids is 2. The summed E-state index contributed by atoms with van der Waals surface area (Å²) < 4.78 is 0. The van der Waals surface area contributed by atoms with Crippen LogP contribution in [0.5, 0.6) is 0 Å². The molecular weight excluding hydrogens is 192 g/mol. The van der Waals surface area contributed by atoms with Gasteiger partial charge in [0, 0.05) is 6.04 Å². The minimum absolute atomic E-state index is 0.0137. The highest BCUT2D eigenvalue weighted by molar-refractivity contribution is 5.97. The van der Waals surface area contributed by atoms with Gasteiger partial charge in [-0.05, 0) is 25.7 Å². The fourth-order valence-electron chi connectivity index (χ4n) is 2.11. The maximum atomic E-state index is 12.1. The number of amides is 2. The second kappa shape index (κ2) is 3.51. The Bertz CT molecular complexity index is 297. The van der Waals surface area contributed by atoms with Gasteiger partial charge in [-0.25, -0.2) is 0 Å². The van der Waals surface area contributed by atoms with Crippen LogP contribution in [0.15, 0.2) is 0 Å². The van der Waals surface area contributed by atoms with E-state index in [4.69, 9.17) is 0 Å². The fraction of sp³-hybridized carbons (Fsp3) is 0.818.